The molecule has 0 aliphatic heterocycles. The Morgan fingerprint density at radius 3 is 2.67 bits per heavy atom. The molecule has 0 radical (unpaired) electrons. The third kappa shape index (κ3) is 3.27. The molecule has 0 aliphatic rings. The number of halogens is 1. The van der Waals surface area contributed by atoms with E-state index in [0.717, 1.165) is 17.7 Å². The van der Waals surface area contributed by atoms with Gasteiger partial charge in [0.1, 0.15) is 5.38 Å². The summed E-state index contributed by atoms with van der Waals surface area (Å²) in [5.74, 6) is 2.40. The second kappa shape index (κ2) is 7.08. The molecule has 1 unspecified atom stereocenters. The summed E-state index contributed by atoms with van der Waals surface area (Å²) in [7, 11) is 0. The standard InChI is InChI=1S/C15H18ClNO/c1-4-11-17(15(18)13(16)6-3)14-10-8-7-9-12(14)5-2/h1,7-10,13H,5-6,11H2,2-3H3. The van der Waals surface area contributed by atoms with Crippen LogP contribution in [0.25, 0.3) is 0 Å². The molecule has 0 N–H and O–H groups in total. The van der Waals surface area contributed by atoms with Gasteiger partial charge in [-0.2, -0.15) is 0 Å². The Morgan fingerprint density at radius 2 is 2.11 bits per heavy atom. The lowest BCUT2D eigenvalue weighted by atomic mass is 10.1. The Balaban J connectivity index is 3.12. The number of anilines is 1. The third-order valence-corrected chi connectivity index (χ3v) is 3.30. The van der Waals surface area contributed by atoms with Gasteiger partial charge in [0.2, 0.25) is 5.91 Å². The van der Waals surface area contributed by atoms with E-state index in [1.807, 2.05) is 31.2 Å². The van der Waals surface area contributed by atoms with Gasteiger partial charge in [-0.05, 0) is 24.5 Å². The van der Waals surface area contributed by atoms with Crippen molar-refractivity contribution in [2.75, 3.05) is 11.4 Å². The number of amides is 1. The first-order valence-electron chi connectivity index (χ1n) is 6.12. The molecule has 0 fully saturated rings. The maximum absolute atomic E-state index is 12.2. The van der Waals surface area contributed by atoms with Crippen molar-refractivity contribution in [1.82, 2.24) is 0 Å². The lowest BCUT2D eigenvalue weighted by Crippen LogP contribution is -2.37. The summed E-state index contributed by atoms with van der Waals surface area (Å²) in [5, 5.41) is -0.525. The number of para-hydroxylation sites is 1. The molecule has 18 heavy (non-hydrogen) atoms. The lowest BCUT2D eigenvalue weighted by molar-refractivity contribution is -0.118. The van der Waals surface area contributed by atoms with Crippen molar-refractivity contribution in [3.63, 3.8) is 0 Å². The summed E-state index contributed by atoms with van der Waals surface area (Å²) in [4.78, 5) is 13.8. The molecule has 3 heteroatoms. The topological polar surface area (TPSA) is 20.3 Å². The van der Waals surface area contributed by atoms with Crippen molar-refractivity contribution < 1.29 is 4.79 Å². The molecule has 0 saturated heterocycles. The van der Waals surface area contributed by atoms with E-state index in [-0.39, 0.29) is 12.5 Å². The van der Waals surface area contributed by atoms with Crippen molar-refractivity contribution >= 4 is 23.2 Å². The molecule has 0 aromatic heterocycles. The van der Waals surface area contributed by atoms with E-state index in [9.17, 15) is 4.79 Å². The van der Waals surface area contributed by atoms with Gasteiger partial charge in [-0.15, -0.1) is 18.0 Å². The lowest BCUT2D eigenvalue weighted by Gasteiger charge is -2.24. The number of benzene rings is 1. The fourth-order valence-corrected chi connectivity index (χ4v) is 1.91. The van der Waals surface area contributed by atoms with E-state index in [1.165, 1.54) is 0 Å². The van der Waals surface area contributed by atoms with Crippen LogP contribution in [0.5, 0.6) is 0 Å². The van der Waals surface area contributed by atoms with Crippen LogP contribution in [0.3, 0.4) is 0 Å². The number of carbonyl (C=O) groups is 1. The number of carbonyl (C=O) groups excluding carboxylic acids is 1. The fraction of sp³-hybridized carbons (Fsp3) is 0.400. The SMILES string of the molecule is C#CCN(C(=O)C(Cl)CC)c1ccccc1CC. The Morgan fingerprint density at radius 1 is 1.44 bits per heavy atom. The van der Waals surface area contributed by atoms with Crippen molar-refractivity contribution in [3.8, 4) is 12.3 Å². The number of hydrogen-bond acceptors (Lipinski definition) is 1. The van der Waals surface area contributed by atoms with E-state index >= 15 is 0 Å². The van der Waals surface area contributed by atoms with Crippen LogP contribution >= 0.6 is 11.6 Å². The van der Waals surface area contributed by atoms with Gasteiger partial charge in [-0.25, -0.2) is 0 Å². The van der Waals surface area contributed by atoms with Crippen LogP contribution in [-0.4, -0.2) is 17.8 Å². The molecule has 0 heterocycles. The average molecular weight is 264 g/mol. The van der Waals surface area contributed by atoms with Gasteiger partial charge in [0.05, 0.1) is 6.54 Å². The highest BCUT2D eigenvalue weighted by Gasteiger charge is 2.22. The van der Waals surface area contributed by atoms with Gasteiger partial charge >= 0.3 is 0 Å². The zero-order valence-corrected chi connectivity index (χ0v) is 11.6. The second-order valence-corrected chi connectivity index (χ2v) is 4.51. The predicted molar refractivity (Wildman–Crippen MR) is 76.9 cm³/mol. The molecule has 1 aromatic rings. The van der Waals surface area contributed by atoms with E-state index in [4.69, 9.17) is 18.0 Å². The van der Waals surface area contributed by atoms with E-state index < -0.39 is 5.38 Å². The fourth-order valence-electron chi connectivity index (χ4n) is 1.79. The first-order chi connectivity index (χ1) is 8.65. The monoisotopic (exact) mass is 263 g/mol. The summed E-state index contributed by atoms with van der Waals surface area (Å²) in [6.45, 7) is 4.18. The summed E-state index contributed by atoms with van der Waals surface area (Å²) in [6.07, 6.45) is 6.79. The molecule has 1 aromatic carbocycles. The highest BCUT2D eigenvalue weighted by molar-refractivity contribution is 6.32. The normalized spacial score (nSPS) is 11.7. The molecule has 0 saturated carbocycles. The predicted octanol–water partition coefficient (Wildman–Crippen LogP) is 3.23. The average Bonchev–Trinajstić information content (AvgIpc) is 2.43. The Kier molecular flexibility index (Phi) is 5.74. The Hall–Kier alpha value is -1.46. The first kappa shape index (κ1) is 14.6. The highest BCUT2D eigenvalue weighted by atomic mass is 35.5. The molecule has 1 rings (SSSR count). The Labute approximate surface area is 114 Å². The van der Waals surface area contributed by atoms with Crippen LogP contribution < -0.4 is 4.90 Å². The maximum Gasteiger partial charge on any atom is 0.245 e. The van der Waals surface area contributed by atoms with Gasteiger partial charge in [0.25, 0.3) is 0 Å². The molecule has 0 bridgehead atoms. The minimum atomic E-state index is -0.525. The summed E-state index contributed by atoms with van der Waals surface area (Å²) in [6, 6.07) is 7.77. The minimum absolute atomic E-state index is 0.127. The number of alkyl halides is 1. The van der Waals surface area contributed by atoms with Crippen molar-refractivity contribution in [2.45, 2.75) is 32.1 Å². The molecule has 0 spiro atoms. The summed E-state index contributed by atoms with van der Waals surface area (Å²) in [5.41, 5.74) is 1.96. The zero-order chi connectivity index (χ0) is 13.5. The molecular formula is C15H18ClNO. The highest BCUT2D eigenvalue weighted by Crippen LogP contribution is 2.23. The smallest absolute Gasteiger partial charge is 0.245 e. The number of nitrogens with zero attached hydrogens (tertiary/aromatic N) is 1. The number of aryl methyl sites for hydroxylation is 1. The van der Waals surface area contributed by atoms with Crippen molar-refractivity contribution in [1.29, 1.82) is 0 Å². The molecule has 0 aliphatic carbocycles. The van der Waals surface area contributed by atoms with E-state index in [1.54, 1.807) is 4.90 Å². The minimum Gasteiger partial charge on any atom is -0.299 e. The maximum atomic E-state index is 12.2. The van der Waals surface area contributed by atoms with Gasteiger partial charge < -0.3 is 0 Å². The Bertz CT molecular complexity index is 450. The van der Waals surface area contributed by atoms with E-state index in [2.05, 4.69) is 12.8 Å². The van der Waals surface area contributed by atoms with Crippen LogP contribution in [0.4, 0.5) is 5.69 Å². The quantitative estimate of drug-likeness (QED) is 0.590. The van der Waals surface area contributed by atoms with Gasteiger partial charge in [0.15, 0.2) is 0 Å². The van der Waals surface area contributed by atoms with Crippen molar-refractivity contribution in [3.05, 3.63) is 29.8 Å². The van der Waals surface area contributed by atoms with Gasteiger partial charge in [-0.1, -0.05) is 38.0 Å². The molecular weight excluding hydrogens is 246 g/mol. The third-order valence-electron chi connectivity index (χ3n) is 2.81. The van der Waals surface area contributed by atoms with Crippen LogP contribution in [0.15, 0.2) is 24.3 Å². The van der Waals surface area contributed by atoms with Gasteiger partial charge in [-0.3, -0.25) is 9.69 Å². The number of rotatable bonds is 5. The summed E-state index contributed by atoms with van der Waals surface area (Å²) < 4.78 is 0. The summed E-state index contributed by atoms with van der Waals surface area (Å²) >= 11 is 6.03. The second-order valence-electron chi connectivity index (χ2n) is 3.99. The van der Waals surface area contributed by atoms with Gasteiger partial charge in [0, 0.05) is 5.69 Å². The van der Waals surface area contributed by atoms with Crippen LogP contribution in [-0.2, 0) is 11.2 Å². The largest absolute Gasteiger partial charge is 0.299 e. The zero-order valence-electron chi connectivity index (χ0n) is 10.8. The van der Waals surface area contributed by atoms with Crippen LogP contribution in [0.2, 0.25) is 0 Å². The molecule has 1 atom stereocenters. The van der Waals surface area contributed by atoms with Crippen molar-refractivity contribution in [2.24, 2.45) is 0 Å². The first-order valence-corrected chi connectivity index (χ1v) is 6.56. The molecule has 96 valence electrons. The molecule has 2 nitrogen and oxygen atoms in total. The van der Waals surface area contributed by atoms with Crippen LogP contribution in [0, 0.1) is 12.3 Å². The van der Waals surface area contributed by atoms with E-state index in [0.29, 0.717) is 6.42 Å². The number of hydrogen-bond donors (Lipinski definition) is 0. The molecule has 1 amide bonds. The number of terminal acetylenes is 1. The van der Waals surface area contributed by atoms with Crippen LogP contribution in [0.1, 0.15) is 25.8 Å².